The zero-order chi connectivity index (χ0) is 16.0. The van der Waals surface area contributed by atoms with Gasteiger partial charge in [-0.3, -0.25) is 4.79 Å². The van der Waals surface area contributed by atoms with Crippen LogP contribution in [0.4, 0.5) is 0 Å². The van der Waals surface area contributed by atoms with Crippen LogP contribution in [0, 0.1) is 0 Å². The number of nitrogens with zero attached hydrogens (tertiary/aromatic N) is 2. The van der Waals surface area contributed by atoms with Gasteiger partial charge in [0.15, 0.2) is 0 Å². The first-order valence-corrected chi connectivity index (χ1v) is 9.19. The topological polar surface area (TPSA) is 57.7 Å². The molecule has 1 amide bonds. The minimum absolute atomic E-state index is 0.119. The van der Waals surface area contributed by atoms with E-state index in [2.05, 4.69) is 0 Å². The second kappa shape index (κ2) is 5.35. The molecule has 2 aliphatic rings. The lowest BCUT2D eigenvalue weighted by Gasteiger charge is -2.32. The standard InChI is InChI=1S/C16H22N2O3S/c1-3-13-6-4-5-7-14(13)22(20,21)18-11-10-16(12-18)9-8-15(19)17(16)2/h4-7H,3,8-12H2,1-2H3/t16-/m0/s1. The molecule has 2 heterocycles. The smallest absolute Gasteiger partial charge is 0.243 e. The molecule has 2 fully saturated rings. The highest BCUT2D eigenvalue weighted by Crippen LogP contribution is 2.39. The first-order valence-electron chi connectivity index (χ1n) is 7.75. The van der Waals surface area contributed by atoms with Crippen molar-refractivity contribution < 1.29 is 13.2 Å². The van der Waals surface area contributed by atoms with Crippen LogP contribution in [0.25, 0.3) is 0 Å². The molecule has 0 saturated carbocycles. The summed E-state index contributed by atoms with van der Waals surface area (Å²) in [6.07, 6.45) is 2.69. The van der Waals surface area contributed by atoms with Gasteiger partial charge in [0, 0.05) is 26.6 Å². The lowest BCUT2D eigenvalue weighted by molar-refractivity contribution is -0.129. The first kappa shape index (κ1) is 15.5. The van der Waals surface area contributed by atoms with E-state index < -0.39 is 10.0 Å². The highest BCUT2D eigenvalue weighted by atomic mass is 32.2. The summed E-state index contributed by atoms with van der Waals surface area (Å²) in [5, 5.41) is 0. The number of hydrogen-bond donors (Lipinski definition) is 0. The molecule has 1 aromatic rings. The molecule has 0 N–H and O–H groups in total. The fourth-order valence-electron chi connectivity index (χ4n) is 3.63. The Bertz CT molecular complexity index is 701. The van der Waals surface area contributed by atoms with Crippen LogP contribution in [0.1, 0.15) is 31.7 Å². The van der Waals surface area contributed by atoms with E-state index in [9.17, 15) is 13.2 Å². The van der Waals surface area contributed by atoms with Crippen LogP contribution in [-0.2, 0) is 21.2 Å². The summed E-state index contributed by atoms with van der Waals surface area (Å²) in [7, 11) is -1.69. The molecule has 0 radical (unpaired) electrons. The van der Waals surface area contributed by atoms with Gasteiger partial charge in [-0.1, -0.05) is 25.1 Å². The van der Waals surface area contributed by atoms with E-state index in [0.29, 0.717) is 30.8 Å². The second-order valence-corrected chi connectivity index (χ2v) is 8.13. The van der Waals surface area contributed by atoms with Crippen LogP contribution < -0.4 is 0 Å². The van der Waals surface area contributed by atoms with Gasteiger partial charge in [-0.25, -0.2) is 8.42 Å². The molecule has 6 heteroatoms. The van der Waals surface area contributed by atoms with Gasteiger partial charge in [-0.05, 0) is 30.9 Å². The molecular formula is C16H22N2O3S. The summed E-state index contributed by atoms with van der Waals surface area (Å²) in [5.41, 5.74) is 0.546. The van der Waals surface area contributed by atoms with Gasteiger partial charge in [0.2, 0.25) is 15.9 Å². The van der Waals surface area contributed by atoms with Gasteiger partial charge in [-0.15, -0.1) is 0 Å². The predicted octanol–water partition coefficient (Wildman–Crippen LogP) is 1.63. The third kappa shape index (κ3) is 2.25. The molecule has 3 rings (SSSR count). The molecule has 2 aliphatic heterocycles. The average molecular weight is 322 g/mol. The Hall–Kier alpha value is -1.40. The van der Waals surface area contributed by atoms with Crippen molar-refractivity contribution >= 4 is 15.9 Å². The summed E-state index contributed by atoms with van der Waals surface area (Å²) < 4.78 is 27.5. The Labute approximate surface area is 132 Å². The molecule has 2 saturated heterocycles. The Morgan fingerprint density at radius 3 is 2.59 bits per heavy atom. The zero-order valence-corrected chi connectivity index (χ0v) is 13.9. The fourth-order valence-corrected chi connectivity index (χ4v) is 5.44. The number of aryl methyl sites for hydroxylation is 1. The Morgan fingerprint density at radius 1 is 1.23 bits per heavy atom. The minimum atomic E-state index is -3.49. The molecule has 0 unspecified atom stereocenters. The third-order valence-electron chi connectivity index (χ3n) is 5.16. The molecule has 120 valence electrons. The molecule has 5 nitrogen and oxygen atoms in total. The molecule has 0 aromatic heterocycles. The quantitative estimate of drug-likeness (QED) is 0.850. The van der Waals surface area contributed by atoms with Crippen molar-refractivity contribution in [1.29, 1.82) is 0 Å². The number of rotatable bonds is 3. The molecular weight excluding hydrogens is 300 g/mol. The van der Waals surface area contributed by atoms with E-state index in [4.69, 9.17) is 0 Å². The fraction of sp³-hybridized carbons (Fsp3) is 0.562. The van der Waals surface area contributed by atoms with E-state index in [1.54, 1.807) is 28.4 Å². The maximum absolute atomic E-state index is 13.0. The highest BCUT2D eigenvalue weighted by Gasteiger charge is 2.50. The normalized spacial score (nSPS) is 26.3. The van der Waals surface area contributed by atoms with Crippen molar-refractivity contribution in [2.75, 3.05) is 20.1 Å². The number of benzene rings is 1. The zero-order valence-electron chi connectivity index (χ0n) is 13.1. The summed E-state index contributed by atoms with van der Waals surface area (Å²) >= 11 is 0. The third-order valence-corrected chi connectivity index (χ3v) is 7.10. The van der Waals surface area contributed by atoms with Crippen molar-refractivity contribution in [3.05, 3.63) is 29.8 Å². The van der Waals surface area contributed by atoms with Crippen molar-refractivity contribution in [1.82, 2.24) is 9.21 Å². The van der Waals surface area contributed by atoms with Crippen LogP contribution in [0.3, 0.4) is 0 Å². The molecule has 22 heavy (non-hydrogen) atoms. The molecule has 0 bridgehead atoms. The van der Waals surface area contributed by atoms with Gasteiger partial charge in [0.25, 0.3) is 0 Å². The number of sulfonamides is 1. The first-order chi connectivity index (χ1) is 10.4. The predicted molar refractivity (Wildman–Crippen MR) is 83.9 cm³/mol. The largest absolute Gasteiger partial charge is 0.339 e. The van der Waals surface area contributed by atoms with Crippen molar-refractivity contribution in [2.24, 2.45) is 0 Å². The molecule has 0 aliphatic carbocycles. The maximum Gasteiger partial charge on any atom is 0.243 e. The second-order valence-electron chi connectivity index (χ2n) is 6.23. The highest BCUT2D eigenvalue weighted by molar-refractivity contribution is 7.89. The van der Waals surface area contributed by atoms with E-state index in [1.165, 1.54) is 0 Å². The number of carbonyl (C=O) groups excluding carboxylic acids is 1. The number of amides is 1. The lowest BCUT2D eigenvalue weighted by Crippen LogP contribution is -2.46. The van der Waals surface area contributed by atoms with Crippen LogP contribution in [0.5, 0.6) is 0 Å². The Kier molecular flexibility index (Phi) is 3.77. The summed E-state index contributed by atoms with van der Waals surface area (Å²) in [6, 6.07) is 7.18. The van der Waals surface area contributed by atoms with Gasteiger partial charge < -0.3 is 4.90 Å². The summed E-state index contributed by atoms with van der Waals surface area (Å²) in [5.74, 6) is 0.119. The Balaban J connectivity index is 1.91. The Morgan fingerprint density at radius 2 is 1.95 bits per heavy atom. The van der Waals surface area contributed by atoms with E-state index in [0.717, 1.165) is 18.4 Å². The molecule has 1 atom stereocenters. The number of likely N-dealkylation sites (tertiary alicyclic amines) is 1. The van der Waals surface area contributed by atoms with E-state index in [-0.39, 0.29) is 11.4 Å². The van der Waals surface area contributed by atoms with Crippen LogP contribution >= 0.6 is 0 Å². The average Bonchev–Trinajstić information content (AvgIpc) is 3.08. The van der Waals surface area contributed by atoms with Crippen LogP contribution in [-0.4, -0.2) is 49.2 Å². The monoisotopic (exact) mass is 322 g/mol. The maximum atomic E-state index is 13.0. The SMILES string of the molecule is CCc1ccccc1S(=O)(=O)N1CC[C@@]2(CCC(=O)N2C)C1. The van der Waals surface area contributed by atoms with Crippen LogP contribution in [0.2, 0.25) is 0 Å². The summed E-state index contributed by atoms with van der Waals surface area (Å²) in [4.78, 5) is 14.0. The number of hydrogen-bond acceptors (Lipinski definition) is 3. The van der Waals surface area contributed by atoms with Crippen molar-refractivity contribution in [3.8, 4) is 0 Å². The number of carbonyl (C=O) groups is 1. The molecule has 1 spiro atoms. The van der Waals surface area contributed by atoms with Gasteiger partial charge in [-0.2, -0.15) is 4.31 Å². The number of likely N-dealkylation sites (N-methyl/N-ethyl adjacent to an activating group) is 1. The van der Waals surface area contributed by atoms with E-state index in [1.807, 2.05) is 19.1 Å². The van der Waals surface area contributed by atoms with Crippen molar-refractivity contribution in [2.45, 2.75) is 43.0 Å². The molecule has 1 aromatic carbocycles. The lowest BCUT2D eigenvalue weighted by atomic mass is 9.96. The van der Waals surface area contributed by atoms with Gasteiger partial charge in [0.1, 0.15) is 0 Å². The van der Waals surface area contributed by atoms with Crippen molar-refractivity contribution in [3.63, 3.8) is 0 Å². The minimum Gasteiger partial charge on any atom is -0.339 e. The van der Waals surface area contributed by atoms with Gasteiger partial charge >= 0.3 is 0 Å². The van der Waals surface area contributed by atoms with Gasteiger partial charge in [0.05, 0.1) is 10.4 Å². The summed E-state index contributed by atoms with van der Waals surface area (Å²) in [6.45, 7) is 2.86. The van der Waals surface area contributed by atoms with Crippen LogP contribution in [0.15, 0.2) is 29.2 Å². The van der Waals surface area contributed by atoms with E-state index >= 15 is 0 Å².